The minimum Gasteiger partial charge on any atom is -0.468 e. The van der Waals surface area contributed by atoms with Crippen LogP contribution in [0.4, 0.5) is 14.5 Å². The van der Waals surface area contributed by atoms with Crippen molar-refractivity contribution >= 4 is 33.3 Å². The summed E-state index contributed by atoms with van der Waals surface area (Å²) in [7, 11) is -1.34. The molecule has 0 aliphatic carbocycles. The molecular weight excluding hydrogens is 498 g/mol. The molecule has 0 radical (unpaired) electrons. The van der Waals surface area contributed by atoms with E-state index in [1.54, 1.807) is 43.1 Å². The van der Waals surface area contributed by atoms with Gasteiger partial charge in [-0.05, 0) is 61.5 Å². The number of methoxy groups -OCH3 is 1. The Hall–Kier alpha value is -3.01. The summed E-state index contributed by atoms with van der Waals surface area (Å²) in [5, 5.41) is 0.333. The fourth-order valence-corrected chi connectivity index (χ4v) is 5.53. The molecule has 6 nitrogen and oxygen atoms in total. The fraction of sp³-hybridized carbons (Fsp3) is 0.240. The van der Waals surface area contributed by atoms with E-state index in [4.69, 9.17) is 16.3 Å². The number of anilines is 1. The monoisotopic (exact) mass is 522 g/mol. The van der Waals surface area contributed by atoms with Gasteiger partial charge in [-0.25, -0.2) is 17.2 Å². The lowest BCUT2D eigenvalue weighted by Crippen LogP contribution is -2.35. The van der Waals surface area contributed by atoms with Gasteiger partial charge in [-0.3, -0.25) is 14.0 Å². The van der Waals surface area contributed by atoms with Gasteiger partial charge in [0.1, 0.15) is 11.6 Å². The first-order chi connectivity index (χ1) is 16.5. The van der Waals surface area contributed by atoms with Gasteiger partial charge >= 0.3 is 5.97 Å². The summed E-state index contributed by atoms with van der Waals surface area (Å²) < 4.78 is 62.2. The highest BCUT2D eigenvalue weighted by Crippen LogP contribution is 2.37. The van der Waals surface area contributed by atoms with Crippen LogP contribution in [0.15, 0.2) is 71.6 Å². The van der Waals surface area contributed by atoms with Crippen LogP contribution in [0, 0.1) is 11.6 Å². The number of benzene rings is 3. The minimum atomic E-state index is -4.35. The van der Waals surface area contributed by atoms with Crippen LogP contribution in [-0.4, -0.2) is 40.0 Å². The molecule has 0 saturated heterocycles. The summed E-state index contributed by atoms with van der Waals surface area (Å²) in [6, 6.07) is 14.2. The first kappa shape index (κ1) is 26.6. The number of rotatable bonds is 9. The van der Waals surface area contributed by atoms with E-state index in [1.165, 1.54) is 31.4 Å². The quantitative estimate of drug-likeness (QED) is 0.362. The lowest BCUT2D eigenvalue weighted by Gasteiger charge is -2.32. The van der Waals surface area contributed by atoms with Crippen LogP contribution in [0.5, 0.6) is 0 Å². The number of esters is 1. The lowest BCUT2D eigenvalue weighted by molar-refractivity contribution is -0.141. The van der Waals surface area contributed by atoms with Crippen LogP contribution in [0.3, 0.4) is 0 Å². The third-order valence-corrected chi connectivity index (χ3v) is 7.59. The molecule has 0 aromatic heterocycles. The van der Waals surface area contributed by atoms with Crippen molar-refractivity contribution in [2.45, 2.75) is 24.4 Å². The van der Waals surface area contributed by atoms with Crippen molar-refractivity contribution in [2.75, 3.05) is 25.0 Å². The zero-order valence-electron chi connectivity index (χ0n) is 19.4. The van der Waals surface area contributed by atoms with Crippen LogP contribution in [0.1, 0.15) is 24.1 Å². The normalized spacial score (nSPS) is 12.4. The van der Waals surface area contributed by atoms with E-state index < -0.39 is 39.4 Å². The second kappa shape index (κ2) is 11.2. The van der Waals surface area contributed by atoms with Gasteiger partial charge in [-0.1, -0.05) is 35.9 Å². The van der Waals surface area contributed by atoms with Crippen molar-refractivity contribution in [2.24, 2.45) is 0 Å². The zero-order chi connectivity index (χ0) is 25.8. The number of ether oxygens (including phenoxy) is 1. The molecule has 186 valence electrons. The molecular formula is C25H25ClF2N2O4S. The summed E-state index contributed by atoms with van der Waals surface area (Å²) in [6.07, 6.45) is 0. The Morgan fingerprint density at radius 3 is 2.37 bits per heavy atom. The Balaban J connectivity index is 2.13. The number of hydrogen-bond acceptors (Lipinski definition) is 5. The number of likely N-dealkylation sites (N-methyl/N-ethyl adjacent to an activating group) is 1. The minimum absolute atomic E-state index is 0.0184. The Morgan fingerprint density at radius 2 is 1.71 bits per heavy atom. The van der Waals surface area contributed by atoms with Crippen molar-refractivity contribution in [3.8, 4) is 0 Å². The van der Waals surface area contributed by atoms with E-state index in [-0.39, 0.29) is 18.0 Å². The molecule has 0 unspecified atom stereocenters. The molecule has 3 aromatic carbocycles. The molecule has 0 fully saturated rings. The van der Waals surface area contributed by atoms with Gasteiger partial charge in [-0.2, -0.15) is 0 Å². The number of sulfonamides is 1. The highest BCUT2D eigenvalue weighted by Gasteiger charge is 2.33. The van der Waals surface area contributed by atoms with Gasteiger partial charge in [0.2, 0.25) is 0 Å². The van der Waals surface area contributed by atoms with E-state index in [2.05, 4.69) is 0 Å². The molecule has 1 atom stereocenters. The van der Waals surface area contributed by atoms with Gasteiger partial charge < -0.3 is 4.74 Å². The Labute approximate surface area is 208 Å². The van der Waals surface area contributed by atoms with Crippen molar-refractivity contribution in [1.82, 2.24) is 4.90 Å². The summed E-state index contributed by atoms with van der Waals surface area (Å²) in [5.74, 6) is -2.10. The number of nitrogens with zero attached hydrogens (tertiary/aromatic N) is 2. The maximum absolute atomic E-state index is 14.9. The molecule has 0 aliphatic heterocycles. The summed E-state index contributed by atoms with van der Waals surface area (Å²) >= 11 is 5.92. The van der Waals surface area contributed by atoms with Crippen LogP contribution in [-0.2, 0) is 26.1 Å². The third kappa shape index (κ3) is 6.17. The van der Waals surface area contributed by atoms with Crippen LogP contribution < -0.4 is 4.31 Å². The molecule has 3 rings (SSSR count). The predicted octanol–water partition coefficient (Wildman–Crippen LogP) is 5.18. The van der Waals surface area contributed by atoms with Gasteiger partial charge in [0.05, 0.1) is 30.3 Å². The molecule has 0 spiro atoms. The molecule has 0 saturated carbocycles. The Kier molecular flexibility index (Phi) is 8.47. The second-order valence-corrected chi connectivity index (χ2v) is 10.2. The number of carbonyl (C=O) groups excluding carboxylic acids is 1. The maximum atomic E-state index is 14.9. The van der Waals surface area contributed by atoms with Crippen LogP contribution in [0.2, 0.25) is 5.02 Å². The SMILES string of the molecule is COC(=O)CN(C)Cc1ccccc1[C@@H](C)N(c1cc(F)ccc1F)S(=O)(=O)c1ccc(Cl)cc1. The molecule has 35 heavy (non-hydrogen) atoms. The topological polar surface area (TPSA) is 66.9 Å². The average molecular weight is 523 g/mol. The molecule has 0 N–H and O–H groups in total. The van der Waals surface area contributed by atoms with E-state index in [0.29, 0.717) is 16.1 Å². The molecule has 3 aromatic rings. The number of carbonyl (C=O) groups is 1. The summed E-state index contributed by atoms with van der Waals surface area (Å²) in [6.45, 7) is 1.90. The largest absolute Gasteiger partial charge is 0.468 e. The van der Waals surface area contributed by atoms with Crippen molar-refractivity contribution < 1.29 is 26.7 Å². The third-order valence-electron chi connectivity index (χ3n) is 5.44. The number of hydrogen-bond donors (Lipinski definition) is 0. The van der Waals surface area contributed by atoms with E-state index in [9.17, 15) is 22.0 Å². The smallest absolute Gasteiger partial charge is 0.319 e. The van der Waals surface area contributed by atoms with Gasteiger partial charge in [-0.15, -0.1) is 0 Å². The standard InChI is InChI=1S/C25H25ClF2N2O4S/c1-17(22-7-5-4-6-18(22)15-29(2)16-25(31)34-3)30(24-14-20(27)10-13-23(24)28)35(32,33)21-11-8-19(26)9-12-21/h4-14,17H,15-16H2,1-3H3/t17-/m1/s1. The first-order valence-electron chi connectivity index (χ1n) is 10.6. The number of halogens is 3. The molecule has 0 aliphatic rings. The summed E-state index contributed by atoms with van der Waals surface area (Å²) in [4.78, 5) is 13.2. The van der Waals surface area contributed by atoms with Crippen molar-refractivity contribution in [1.29, 1.82) is 0 Å². The second-order valence-electron chi connectivity index (χ2n) is 7.97. The van der Waals surface area contributed by atoms with Gasteiger partial charge in [0, 0.05) is 17.6 Å². The lowest BCUT2D eigenvalue weighted by atomic mass is 10.0. The van der Waals surface area contributed by atoms with E-state index >= 15 is 0 Å². The molecule has 0 amide bonds. The average Bonchev–Trinajstić information content (AvgIpc) is 2.81. The van der Waals surface area contributed by atoms with Crippen molar-refractivity contribution in [3.05, 3.63) is 94.5 Å². The van der Waals surface area contributed by atoms with Crippen LogP contribution in [0.25, 0.3) is 0 Å². The van der Waals surface area contributed by atoms with Gasteiger partial charge in [0.25, 0.3) is 10.0 Å². The molecule has 0 heterocycles. The fourth-order valence-electron chi connectivity index (χ4n) is 3.76. The highest BCUT2D eigenvalue weighted by atomic mass is 35.5. The first-order valence-corrected chi connectivity index (χ1v) is 12.4. The Morgan fingerprint density at radius 1 is 1.06 bits per heavy atom. The maximum Gasteiger partial charge on any atom is 0.319 e. The zero-order valence-corrected chi connectivity index (χ0v) is 21.0. The van der Waals surface area contributed by atoms with E-state index in [0.717, 1.165) is 22.5 Å². The van der Waals surface area contributed by atoms with E-state index in [1.807, 2.05) is 0 Å². The van der Waals surface area contributed by atoms with Crippen LogP contribution >= 0.6 is 11.6 Å². The van der Waals surface area contributed by atoms with Crippen molar-refractivity contribution in [3.63, 3.8) is 0 Å². The molecule has 10 heteroatoms. The van der Waals surface area contributed by atoms with Gasteiger partial charge in [0.15, 0.2) is 0 Å². The predicted molar refractivity (Wildman–Crippen MR) is 131 cm³/mol. The Bertz CT molecular complexity index is 1300. The molecule has 0 bridgehead atoms. The summed E-state index contributed by atoms with van der Waals surface area (Å²) in [5.41, 5.74) is 0.843. The highest BCUT2D eigenvalue weighted by molar-refractivity contribution is 7.92.